The molecule has 1 aromatic heterocycles. The van der Waals surface area contributed by atoms with Crippen LogP contribution in [-0.2, 0) is 6.54 Å². The number of aryl methyl sites for hydroxylation is 1. The molecule has 0 saturated heterocycles. The van der Waals surface area contributed by atoms with E-state index in [0.717, 1.165) is 31.0 Å². The highest BCUT2D eigenvalue weighted by Gasteiger charge is 2.25. The lowest BCUT2D eigenvalue weighted by Gasteiger charge is -2.35. The van der Waals surface area contributed by atoms with Gasteiger partial charge in [-0.1, -0.05) is 26.8 Å². The molecule has 0 fully saturated rings. The number of pyridine rings is 1. The van der Waals surface area contributed by atoms with Gasteiger partial charge in [0.1, 0.15) is 0 Å². The molecule has 0 aromatic carbocycles. The van der Waals surface area contributed by atoms with Gasteiger partial charge < -0.3 is 5.73 Å². The first-order valence-electron chi connectivity index (χ1n) is 6.75. The normalized spacial score (nSPS) is 13.9. The average molecular weight is 249 g/mol. The molecule has 0 aliphatic carbocycles. The molecule has 0 aliphatic heterocycles. The summed E-state index contributed by atoms with van der Waals surface area (Å²) >= 11 is 0. The predicted molar refractivity (Wildman–Crippen MR) is 77.4 cm³/mol. The largest absolute Gasteiger partial charge is 0.327 e. The molecule has 0 radical (unpaired) electrons. The van der Waals surface area contributed by atoms with Crippen LogP contribution in [0.2, 0.25) is 0 Å². The monoisotopic (exact) mass is 249 g/mol. The van der Waals surface area contributed by atoms with E-state index in [1.807, 2.05) is 13.0 Å². The lowest BCUT2D eigenvalue weighted by Crippen LogP contribution is -2.44. The fourth-order valence-corrected chi connectivity index (χ4v) is 1.92. The van der Waals surface area contributed by atoms with Crippen molar-refractivity contribution in [1.29, 1.82) is 0 Å². The highest BCUT2D eigenvalue weighted by molar-refractivity contribution is 5.09. The Morgan fingerprint density at radius 2 is 2.06 bits per heavy atom. The van der Waals surface area contributed by atoms with Crippen LogP contribution in [0.4, 0.5) is 0 Å². The van der Waals surface area contributed by atoms with Crippen molar-refractivity contribution in [2.75, 3.05) is 13.1 Å². The van der Waals surface area contributed by atoms with E-state index in [2.05, 4.69) is 49.7 Å². The fourth-order valence-electron chi connectivity index (χ4n) is 1.92. The Kier molecular flexibility index (Phi) is 5.29. The smallest absolute Gasteiger partial charge is 0.0547 e. The van der Waals surface area contributed by atoms with Crippen molar-refractivity contribution in [2.24, 2.45) is 11.1 Å². The van der Waals surface area contributed by atoms with Gasteiger partial charge in [-0.15, -0.1) is 0 Å². The third-order valence-corrected chi connectivity index (χ3v) is 3.64. The molecule has 0 saturated carbocycles. The van der Waals surface area contributed by atoms with E-state index in [0.29, 0.717) is 0 Å². The van der Waals surface area contributed by atoms with Gasteiger partial charge in [0, 0.05) is 24.8 Å². The summed E-state index contributed by atoms with van der Waals surface area (Å²) in [5.74, 6) is 0. The minimum absolute atomic E-state index is 0.125. The number of hydrogen-bond donors (Lipinski definition) is 1. The van der Waals surface area contributed by atoms with Crippen molar-refractivity contribution in [1.82, 2.24) is 9.88 Å². The Balaban J connectivity index is 2.68. The Bertz CT molecular complexity index is 372. The van der Waals surface area contributed by atoms with E-state index in [1.165, 1.54) is 0 Å². The summed E-state index contributed by atoms with van der Waals surface area (Å²) in [5, 5.41) is 0. The van der Waals surface area contributed by atoms with Crippen LogP contribution < -0.4 is 5.73 Å². The second-order valence-electron chi connectivity index (χ2n) is 5.85. The van der Waals surface area contributed by atoms with Crippen LogP contribution in [0.3, 0.4) is 0 Å². The first-order chi connectivity index (χ1) is 8.35. The molecule has 2 N–H and O–H groups in total. The summed E-state index contributed by atoms with van der Waals surface area (Å²) in [5.41, 5.74) is 8.39. The van der Waals surface area contributed by atoms with Crippen LogP contribution in [0.15, 0.2) is 18.2 Å². The molecule has 3 nitrogen and oxygen atoms in total. The second-order valence-corrected chi connectivity index (χ2v) is 5.85. The third kappa shape index (κ3) is 4.39. The number of nitrogens with zero attached hydrogens (tertiary/aromatic N) is 2. The topological polar surface area (TPSA) is 42.2 Å². The fraction of sp³-hybridized carbons (Fsp3) is 0.667. The maximum absolute atomic E-state index is 6.05. The van der Waals surface area contributed by atoms with Gasteiger partial charge in [-0.3, -0.25) is 9.88 Å². The van der Waals surface area contributed by atoms with E-state index in [4.69, 9.17) is 5.73 Å². The van der Waals surface area contributed by atoms with Crippen molar-refractivity contribution in [3.8, 4) is 0 Å². The van der Waals surface area contributed by atoms with Gasteiger partial charge in [0.05, 0.1) is 5.69 Å². The molecule has 1 unspecified atom stereocenters. The zero-order chi connectivity index (χ0) is 13.8. The molecule has 18 heavy (non-hydrogen) atoms. The SMILES string of the molecule is CCN(Cc1cccc(C)n1)CC(C)(C)C(C)N. The van der Waals surface area contributed by atoms with Crippen LogP contribution in [0, 0.1) is 12.3 Å². The maximum atomic E-state index is 6.05. The van der Waals surface area contributed by atoms with Gasteiger partial charge in [0.15, 0.2) is 0 Å². The highest BCUT2D eigenvalue weighted by Crippen LogP contribution is 2.21. The van der Waals surface area contributed by atoms with Crippen LogP contribution in [-0.4, -0.2) is 29.0 Å². The van der Waals surface area contributed by atoms with Crippen LogP contribution in [0.25, 0.3) is 0 Å². The summed E-state index contributed by atoms with van der Waals surface area (Å²) in [6, 6.07) is 6.39. The Labute approximate surface area is 111 Å². The van der Waals surface area contributed by atoms with Crippen molar-refractivity contribution >= 4 is 0 Å². The van der Waals surface area contributed by atoms with Crippen LogP contribution >= 0.6 is 0 Å². The molecule has 0 spiro atoms. The standard InChI is InChI=1S/C15H27N3/c1-6-18(11-15(4,5)13(3)16)10-14-9-7-8-12(2)17-14/h7-9,13H,6,10-11,16H2,1-5H3. The van der Waals surface area contributed by atoms with Gasteiger partial charge >= 0.3 is 0 Å². The number of aromatic nitrogens is 1. The minimum Gasteiger partial charge on any atom is -0.327 e. The van der Waals surface area contributed by atoms with Crippen molar-refractivity contribution in [3.05, 3.63) is 29.6 Å². The third-order valence-electron chi connectivity index (χ3n) is 3.64. The summed E-state index contributed by atoms with van der Waals surface area (Å²) in [6.45, 7) is 13.7. The van der Waals surface area contributed by atoms with E-state index < -0.39 is 0 Å². The van der Waals surface area contributed by atoms with E-state index in [9.17, 15) is 0 Å². The summed E-state index contributed by atoms with van der Waals surface area (Å²) in [6.07, 6.45) is 0. The molecule has 3 heteroatoms. The van der Waals surface area contributed by atoms with Gasteiger partial charge in [-0.05, 0) is 37.9 Å². The van der Waals surface area contributed by atoms with Gasteiger partial charge in [0.2, 0.25) is 0 Å². The minimum atomic E-state index is 0.125. The quantitative estimate of drug-likeness (QED) is 0.842. The summed E-state index contributed by atoms with van der Waals surface area (Å²) < 4.78 is 0. The molecular weight excluding hydrogens is 222 g/mol. The lowest BCUT2D eigenvalue weighted by atomic mass is 9.85. The molecule has 102 valence electrons. The summed E-state index contributed by atoms with van der Waals surface area (Å²) in [7, 11) is 0. The maximum Gasteiger partial charge on any atom is 0.0547 e. The van der Waals surface area contributed by atoms with Gasteiger partial charge in [0.25, 0.3) is 0 Å². The molecule has 0 amide bonds. The van der Waals surface area contributed by atoms with Crippen molar-refractivity contribution < 1.29 is 0 Å². The first kappa shape index (κ1) is 15.1. The van der Waals surface area contributed by atoms with Gasteiger partial charge in [-0.2, -0.15) is 0 Å². The molecule has 1 rings (SSSR count). The van der Waals surface area contributed by atoms with E-state index in [1.54, 1.807) is 0 Å². The zero-order valence-corrected chi connectivity index (χ0v) is 12.4. The highest BCUT2D eigenvalue weighted by atomic mass is 15.1. The predicted octanol–water partition coefficient (Wildman–Crippen LogP) is 2.59. The Morgan fingerprint density at radius 3 is 2.56 bits per heavy atom. The van der Waals surface area contributed by atoms with Crippen molar-refractivity contribution in [2.45, 2.75) is 47.2 Å². The molecule has 1 atom stereocenters. The average Bonchev–Trinajstić information content (AvgIpc) is 2.27. The molecular formula is C15H27N3. The van der Waals surface area contributed by atoms with Crippen LogP contribution in [0.5, 0.6) is 0 Å². The van der Waals surface area contributed by atoms with Crippen LogP contribution in [0.1, 0.15) is 39.1 Å². The Morgan fingerprint density at radius 1 is 1.39 bits per heavy atom. The zero-order valence-electron chi connectivity index (χ0n) is 12.4. The molecule has 0 aliphatic rings. The number of hydrogen-bond acceptors (Lipinski definition) is 3. The second kappa shape index (κ2) is 6.30. The Hall–Kier alpha value is -0.930. The first-order valence-corrected chi connectivity index (χ1v) is 6.75. The summed E-state index contributed by atoms with van der Waals surface area (Å²) in [4.78, 5) is 6.97. The van der Waals surface area contributed by atoms with E-state index >= 15 is 0 Å². The molecule has 1 heterocycles. The van der Waals surface area contributed by atoms with Crippen molar-refractivity contribution in [3.63, 3.8) is 0 Å². The van der Waals surface area contributed by atoms with Gasteiger partial charge in [-0.25, -0.2) is 0 Å². The number of nitrogens with two attached hydrogens (primary N) is 1. The van der Waals surface area contributed by atoms with E-state index in [-0.39, 0.29) is 11.5 Å². The molecule has 0 bridgehead atoms. The molecule has 1 aromatic rings. The number of rotatable bonds is 6. The lowest BCUT2D eigenvalue weighted by molar-refractivity contribution is 0.156.